The van der Waals surface area contributed by atoms with Gasteiger partial charge in [-0.2, -0.15) is 5.26 Å². The lowest BCUT2D eigenvalue weighted by molar-refractivity contribution is -0.112. The molecule has 1 amide bonds. The van der Waals surface area contributed by atoms with Crippen LogP contribution in [0.1, 0.15) is 11.1 Å². The Hall–Kier alpha value is -2.73. The molecule has 0 saturated carbocycles. The van der Waals surface area contributed by atoms with Crippen LogP contribution in [0, 0.1) is 14.9 Å². The maximum absolute atomic E-state index is 12.6. The van der Waals surface area contributed by atoms with Crippen molar-refractivity contribution in [3.05, 3.63) is 91.0 Å². The van der Waals surface area contributed by atoms with Crippen LogP contribution in [0.2, 0.25) is 10.0 Å². The second-order valence-electron chi connectivity index (χ2n) is 6.55. The number of nitrogens with zero attached hydrogens (tertiary/aromatic N) is 1. The summed E-state index contributed by atoms with van der Waals surface area (Å²) in [5.74, 6) is 0.183. The largest absolute Gasteiger partial charge is 0.493 e. The quantitative estimate of drug-likeness (QED) is 0.192. The fourth-order valence-corrected chi connectivity index (χ4v) is 3.82. The number of nitrogens with one attached hydrogen (secondary N) is 1. The van der Waals surface area contributed by atoms with E-state index in [9.17, 15) is 10.1 Å². The van der Waals surface area contributed by atoms with E-state index < -0.39 is 5.91 Å². The molecule has 0 spiro atoms. The molecule has 0 bridgehead atoms. The maximum Gasteiger partial charge on any atom is 0.266 e. The molecule has 0 unspecified atom stereocenters. The summed E-state index contributed by atoms with van der Waals surface area (Å²) in [4.78, 5) is 12.6. The summed E-state index contributed by atoms with van der Waals surface area (Å²) in [6.45, 7) is 0.201. The van der Waals surface area contributed by atoms with Gasteiger partial charge in [0.1, 0.15) is 18.2 Å². The molecule has 3 aromatic carbocycles. The van der Waals surface area contributed by atoms with Gasteiger partial charge in [-0.05, 0) is 70.6 Å². The Morgan fingerprint density at radius 1 is 1.12 bits per heavy atom. The number of benzene rings is 3. The number of amides is 1. The number of nitriles is 1. The van der Waals surface area contributed by atoms with Gasteiger partial charge in [-0.3, -0.25) is 4.79 Å². The number of ether oxygens (including phenoxy) is 2. The monoisotopic (exact) mass is 578 g/mol. The van der Waals surface area contributed by atoms with Crippen molar-refractivity contribution in [1.82, 2.24) is 0 Å². The Bertz CT molecular complexity index is 1220. The van der Waals surface area contributed by atoms with Gasteiger partial charge in [0, 0.05) is 19.8 Å². The number of rotatable bonds is 7. The van der Waals surface area contributed by atoms with E-state index in [1.54, 1.807) is 30.3 Å². The van der Waals surface area contributed by atoms with Crippen molar-refractivity contribution in [3.63, 3.8) is 0 Å². The van der Waals surface area contributed by atoms with Crippen LogP contribution in [0.25, 0.3) is 6.08 Å². The Kier molecular flexibility index (Phi) is 8.39. The van der Waals surface area contributed by atoms with Gasteiger partial charge < -0.3 is 14.8 Å². The molecule has 0 radical (unpaired) electrons. The highest BCUT2D eigenvalue weighted by Crippen LogP contribution is 2.38. The zero-order chi connectivity index (χ0) is 23.1. The van der Waals surface area contributed by atoms with E-state index >= 15 is 0 Å². The van der Waals surface area contributed by atoms with Crippen LogP contribution in [0.15, 0.2) is 66.2 Å². The Morgan fingerprint density at radius 2 is 1.91 bits per heavy atom. The normalized spacial score (nSPS) is 10.9. The SMILES string of the molecule is COc1cc(/C=C(\C#N)C(=O)Nc2cccc(I)c2)cc(Cl)c1OCc1ccccc1Cl. The highest BCUT2D eigenvalue weighted by molar-refractivity contribution is 14.1. The van der Waals surface area contributed by atoms with Crippen molar-refractivity contribution in [2.45, 2.75) is 6.61 Å². The zero-order valence-corrected chi connectivity index (χ0v) is 20.5. The van der Waals surface area contributed by atoms with E-state index in [1.807, 2.05) is 36.4 Å². The lowest BCUT2D eigenvalue weighted by Crippen LogP contribution is -2.13. The second kappa shape index (κ2) is 11.2. The summed E-state index contributed by atoms with van der Waals surface area (Å²) in [5, 5.41) is 13.1. The first kappa shape index (κ1) is 23.9. The average molecular weight is 579 g/mol. The molecule has 3 aromatic rings. The lowest BCUT2D eigenvalue weighted by atomic mass is 10.1. The van der Waals surface area contributed by atoms with Crippen LogP contribution < -0.4 is 14.8 Å². The number of hydrogen-bond acceptors (Lipinski definition) is 4. The van der Waals surface area contributed by atoms with Gasteiger partial charge in [0.2, 0.25) is 0 Å². The first-order valence-electron chi connectivity index (χ1n) is 9.33. The minimum absolute atomic E-state index is 0.0771. The molecule has 5 nitrogen and oxygen atoms in total. The molecule has 0 fully saturated rings. The molecule has 0 heterocycles. The molecule has 0 aliphatic heterocycles. The number of anilines is 1. The number of carbonyl (C=O) groups is 1. The number of hydrogen-bond donors (Lipinski definition) is 1. The molecule has 3 rings (SSSR count). The first-order chi connectivity index (χ1) is 15.4. The molecule has 32 heavy (non-hydrogen) atoms. The van der Waals surface area contributed by atoms with Gasteiger partial charge in [0.25, 0.3) is 5.91 Å². The molecular formula is C24H17Cl2IN2O3. The minimum atomic E-state index is -0.524. The van der Waals surface area contributed by atoms with Gasteiger partial charge in [0.05, 0.1) is 12.1 Å². The summed E-state index contributed by atoms with van der Waals surface area (Å²) in [6.07, 6.45) is 1.44. The molecule has 0 saturated heterocycles. The molecule has 0 aromatic heterocycles. The summed E-state index contributed by atoms with van der Waals surface area (Å²) in [6, 6.07) is 19.8. The molecule has 0 aliphatic rings. The second-order valence-corrected chi connectivity index (χ2v) is 8.61. The van der Waals surface area contributed by atoms with Gasteiger partial charge >= 0.3 is 0 Å². The van der Waals surface area contributed by atoms with Crippen LogP contribution in [0.5, 0.6) is 11.5 Å². The molecule has 1 N–H and O–H groups in total. The molecule has 162 valence electrons. The van der Waals surface area contributed by atoms with Crippen molar-refractivity contribution in [2.75, 3.05) is 12.4 Å². The summed E-state index contributed by atoms with van der Waals surface area (Å²) in [5.41, 5.74) is 1.84. The lowest BCUT2D eigenvalue weighted by Gasteiger charge is -2.14. The molecule has 0 aliphatic carbocycles. The van der Waals surface area contributed by atoms with E-state index in [2.05, 4.69) is 27.9 Å². The van der Waals surface area contributed by atoms with Crippen molar-refractivity contribution in [2.24, 2.45) is 0 Å². The average Bonchev–Trinajstić information content (AvgIpc) is 2.77. The summed E-state index contributed by atoms with van der Waals surface area (Å²) >= 11 is 14.7. The van der Waals surface area contributed by atoms with E-state index in [0.29, 0.717) is 27.8 Å². The maximum atomic E-state index is 12.6. The van der Waals surface area contributed by atoms with E-state index in [4.69, 9.17) is 32.7 Å². The van der Waals surface area contributed by atoms with Crippen molar-refractivity contribution in [3.8, 4) is 17.6 Å². The van der Waals surface area contributed by atoms with Crippen LogP contribution in [0.4, 0.5) is 5.69 Å². The predicted molar refractivity (Wildman–Crippen MR) is 135 cm³/mol. The number of carbonyl (C=O) groups excluding carboxylic acids is 1. The van der Waals surface area contributed by atoms with Crippen molar-refractivity contribution >= 4 is 63.5 Å². The Balaban J connectivity index is 1.83. The molecular weight excluding hydrogens is 562 g/mol. The highest BCUT2D eigenvalue weighted by Gasteiger charge is 2.15. The van der Waals surface area contributed by atoms with Crippen LogP contribution in [0.3, 0.4) is 0 Å². The van der Waals surface area contributed by atoms with E-state index in [-0.39, 0.29) is 17.2 Å². The zero-order valence-electron chi connectivity index (χ0n) is 16.9. The Labute approximate surface area is 209 Å². The fraction of sp³-hybridized carbons (Fsp3) is 0.0833. The highest BCUT2D eigenvalue weighted by atomic mass is 127. The van der Waals surface area contributed by atoms with E-state index in [1.165, 1.54) is 13.2 Å². The number of halogens is 3. The van der Waals surface area contributed by atoms with Crippen molar-refractivity contribution in [1.29, 1.82) is 5.26 Å². The van der Waals surface area contributed by atoms with Gasteiger partial charge in [-0.1, -0.05) is 47.5 Å². The third-order valence-electron chi connectivity index (χ3n) is 4.34. The molecule has 0 atom stereocenters. The third kappa shape index (κ3) is 6.16. The van der Waals surface area contributed by atoms with Crippen molar-refractivity contribution < 1.29 is 14.3 Å². The summed E-state index contributed by atoms with van der Waals surface area (Å²) < 4.78 is 12.2. The van der Waals surface area contributed by atoms with E-state index in [0.717, 1.165) is 9.13 Å². The predicted octanol–water partition coefficient (Wildman–Crippen LogP) is 6.73. The van der Waals surface area contributed by atoms with Crippen LogP contribution >= 0.6 is 45.8 Å². The fourth-order valence-electron chi connectivity index (χ4n) is 2.81. The summed E-state index contributed by atoms with van der Waals surface area (Å²) in [7, 11) is 1.48. The standard InChI is InChI=1S/C24H17Cl2IN2O3/c1-31-22-11-15(9-17(13-28)24(30)29-19-7-4-6-18(27)12-19)10-21(26)23(22)32-14-16-5-2-3-8-20(16)25/h2-12H,14H2,1H3,(H,29,30)/b17-9+. The number of methoxy groups -OCH3 is 1. The van der Waals surface area contributed by atoms with Gasteiger partial charge in [-0.15, -0.1) is 0 Å². The third-order valence-corrected chi connectivity index (χ3v) is 5.66. The minimum Gasteiger partial charge on any atom is -0.493 e. The van der Waals surface area contributed by atoms with Gasteiger partial charge in [-0.25, -0.2) is 0 Å². The van der Waals surface area contributed by atoms with Gasteiger partial charge in [0.15, 0.2) is 11.5 Å². The first-order valence-corrected chi connectivity index (χ1v) is 11.2. The Morgan fingerprint density at radius 3 is 2.59 bits per heavy atom. The van der Waals surface area contributed by atoms with Crippen LogP contribution in [-0.4, -0.2) is 13.0 Å². The van der Waals surface area contributed by atoms with Crippen LogP contribution in [-0.2, 0) is 11.4 Å². The topological polar surface area (TPSA) is 71.3 Å². The smallest absolute Gasteiger partial charge is 0.266 e. The molecule has 8 heteroatoms.